The molecule has 1 aromatic carbocycles. The van der Waals surface area contributed by atoms with Gasteiger partial charge < -0.3 is 10.1 Å². The molecule has 7 nitrogen and oxygen atoms in total. The number of ether oxygens (including phenoxy) is 1. The fourth-order valence-electron chi connectivity index (χ4n) is 2.34. The van der Waals surface area contributed by atoms with E-state index in [0.29, 0.717) is 24.8 Å². The minimum atomic E-state index is -0.0665. The summed E-state index contributed by atoms with van der Waals surface area (Å²) in [6.07, 6.45) is 1.72. The number of hydrogen-bond acceptors (Lipinski definition) is 5. The van der Waals surface area contributed by atoms with Crippen molar-refractivity contribution in [1.82, 2.24) is 25.1 Å². The zero-order valence-corrected chi connectivity index (χ0v) is 14.1. The van der Waals surface area contributed by atoms with E-state index in [2.05, 4.69) is 20.4 Å². The first-order valence-electron chi connectivity index (χ1n) is 7.96. The second-order valence-electron chi connectivity index (χ2n) is 5.44. The predicted octanol–water partition coefficient (Wildman–Crippen LogP) is 2.15. The smallest absolute Gasteiger partial charge is 0.216 e. The molecule has 0 bridgehead atoms. The summed E-state index contributed by atoms with van der Waals surface area (Å²) in [5.41, 5.74) is 0.917. The number of carbonyl (C=O) groups is 1. The molecular formula is C18H19N5O2. The van der Waals surface area contributed by atoms with Gasteiger partial charge in [0.15, 0.2) is 11.6 Å². The van der Waals surface area contributed by atoms with E-state index < -0.39 is 0 Å². The first-order valence-corrected chi connectivity index (χ1v) is 7.96. The molecule has 1 amide bonds. The molecule has 2 aromatic heterocycles. The van der Waals surface area contributed by atoms with Crippen molar-refractivity contribution in [2.45, 2.75) is 13.8 Å². The number of amides is 1. The Balaban J connectivity index is 1.76. The maximum Gasteiger partial charge on any atom is 0.216 e. The van der Waals surface area contributed by atoms with Gasteiger partial charge in [-0.3, -0.25) is 4.79 Å². The first kappa shape index (κ1) is 16.6. The number of pyridine rings is 1. The second-order valence-corrected chi connectivity index (χ2v) is 5.44. The molecule has 0 spiro atoms. The molecule has 0 aliphatic carbocycles. The van der Waals surface area contributed by atoms with Crippen molar-refractivity contribution < 1.29 is 9.53 Å². The van der Waals surface area contributed by atoms with E-state index >= 15 is 0 Å². The minimum absolute atomic E-state index is 0.0665. The van der Waals surface area contributed by atoms with Crippen molar-refractivity contribution in [3.05, 3.63) is 54.5 Å². The Kier molecular flexibility index (Phi) is 5.03. The summed E-state index contributed by atoms with van der Waals surface area (Å²) in [7, 11) is 0. The van der Waals surface area contributed by atoms with Crippen LogP contribution in [0.5, 0.6) is 5.75 Å². The zero-order chi connectivity index (χ0) is 17.6. The third-order valence-electron chi connectivity index (χ3n) is 3.44. The number of nitrogens with zero attached hydrogens (tertiary/aromatic N) is 4. The largest absolute Gasteiger partial charge is 0.492 e. The minimum Gasteiger partial charge on any atom is -0.492 e. The van der Waals surface area contributed by atoms with Gasteiger partial charge in [0.1, 0.15) is 18.2 Å². The number of rotatable bonds is 6. The lowest BCUT2D eigenvalue weighted by molar-refractivity contribution is -0.119. The van der Waals surface area contributed by atoms with E-state index in [1.165, 1.54) is 6.92 Å². The highest BCUT2D eigenvalue weighted by atomic mass is 16.5. The Morgan fingerprint density at radius 3 is 2.68 bits per heavy atom. The quantitative estimate of drug-likeness (QED) is 0.697. The van der Waals surface area contributed by atoms with Crippen LogP contribution >= 0.6 is 0 Å². The van der Waals surface area contributed by atoms with Crippen LogP contribution in [-0.4, -0.2) is 38.8 Å². The standard InChI is InChI=1S/C18H19N5O2/c1-13-21-18(23(22-13)17-5-3-4-10-20-17)15-6-8-16(9-7-15)25-12-11-19-14(2)24/h3-10H,11-12H2,1-2H3,(H,19,24). The third kappa shape index (κ3) is 4.20. The molecule has 0 atom stereocenters. The summed E-state index contributed by atoms with van der Waals surface area (Å²) in [6.45, 7) is 4.23. The molecule has 3 rings (SSSR count). The molecule has 25 heavy (non-hydrogen) atoms. The van der Waals surface area contributed by atoms with Crippen LogP contribution < -0.4 is 10.1 Å². The van der Waals surface area contributed by atoms with E-state index in [4.69, 9.17) is 4.74 Å². The highest BCUT2D eigenvalue weighted by Crippen LogP contribution is 2.23. The monoisotopic (exact) mass is 337 g/mol. The Labute approximate surface area is 145 Å². The van der Waals surface area contributed by atoms with Crippen LogP contribution in [0.1, 0.15) is 12.7 Å². The molecular weight excluding hydrogens is 318 g/mol. The van der Waals surface area contributed by atoms with Crippen LogP contribution in [-0.2, 0) is 4.79 Å². The van der Waals surface area contributed by atoms with Gasteiger partial charge in [0.2, 0.25) is 5.91 Å². The Bertz CT molecular complexity index is 844. The number of aromatic nitrogens is 4. The van der Waals surface area contributed by atoms with E-state index in [-0.39, 0.29) is 5.91 Å². The van der Waals surface area contributed by atoms with Crippen molar-refractivity contribution in [3.8, 4) is 23.0 Å². The fraction of sp³-hybridized carbons (Fsp3) is 0.222. The lowest BCUT2D eigenvalue weighted by Crippen LogP contribution is -2.25. The van der Waals surface area contributed by atoms with Gasteiger partial charge in [0.05, 0.1) is 6.54 Å². The average molecular weight is 337 g/mol. The highest BCUT2D eigenvalue weighted by molar-refractivity contribution is 5.72. The molecule has 0 radical (unpaired) electrons. The van der Waals surface area contributed by atoms with Crippen LogP contribution in [0.25, 0.3) is 17.2 Å². The second kappa shape index (κ2) is 7.57. The highest BCUT2D eigenvalue weighted by Gasteiger charge is 2.12. The number of hydrogen-bond donors (Lipinski definition) is 1. The van der Waals surface area contributed by atoms with Gasteiger partial charge in [-0.05, 0) is 43.3 Å². The van der Waals surface area contributed by atoms with E-state index in [1.54, 1.807) is 10.9 Å². The molecule has 0 aliphatic heterocycles. The molecule has 3 aromatic rings. The lowest BCUT2D eigenvalue weighted by atomic mass is 10.2. The van der Waals surface area contributed by atoms with Gasteiger partial charge >= 0.3 is 0 Å². The normalized spacial score (nSPS) is 10.5. The predicted molar refractivity (Wildman–Crippen MR) is 93.5 cm³/mol. The summed E-state index contributed by atoms with van der Waals surface area (Å²) in [5, 5.41) is 7.12. The summed E-state index contributed by atoms with van der Waals surface area (Å²) in [5.74, 6) is 2.78. The van der Waals surface area contributed by atoms with Crippen LogP contribution in [0.2, 0.25) is 0 Å². The molecule has 0 fully saturated rings. The number of benzene rings is 1. The number of carbonyl (C=O) groups excluding carboxylic acids is 1. The number of nitrogens with one attached hydrogen (secondary N) is 1. The van der Waals surface area contributed by atoms with Crippen molar-refractivity contribution in [2.24, 2.45) is 0 Å². The molecule has 2 heterocycles. The van der Waals surface area contributed by atoms with E-state index in [1.807, 2.05) is 49.4 Å². The fourth-order valence-corrected chi connectivity index (χ4v) is 2.34. The van der Waals surface area contributed by atoms with Crippen LogP contribution in [0.3, 0.4) is 0 Å². The van der Waals surface area contributed by atoms with Gasteiger partial charge in [-0.2, -0.15) is 4.68 Å². The SMILES string of the molecule is CC(=O)NCCOc1ccc(-c2nc(C)nn2-c2ccccn2)cc1. The van der Waals surface area contributed by atoms with Crippen LogP contribution in [0, 0.1) is 6.92 Å². The molecule has 0 aliphatic rings. The summed E-state index contributed by atoms with van der Waals surface area (Å²) in [6, 6.07) is 13.3. The maximum absolute atomic E-state index is 10.8. The maximum atomic E-state index is 10.8. The van der Waals surface area contributed by atoms with Crippen LogP contribution in [0.15, 0.2) is 48.7 Å². The molecule has 1 N–H and O–H groups in total. The molecule has 128 valence electrons. The Morgan fingerprint density at radius 2 is 2.00 bits per heavy atom. The lowest BCUT2D eigenvalue weighted by Gasteiger charge is -2.08. The first-order chi connectivity index (χ1) is 12.1. The zero-order valence-electron chi connectivity index (χ0n) is 14.1. The molecule has 0 saturated carbocycles. The summed E-state index contributed by atoms with van der Waals surface area (Å²) in [4.78, 5) is 19.7. The van der Waals surface area contributed by atoms with Gasteiger partial charge in [-0.1, -0.05) is 6.07 Å². The van der Waals surface area contributed by atoms with Crippen molar-refractivity contribution in [2.75, 3.05) is 13.2 Å². The molecule has 0 unspecified atom stereocenters. The Hall–Kier alpha value is -3.22. The van der Waals surface area contributed by atoms with Gasteiger partial charge in [0, 0.05) is 18.7 Å². The van der Waals surface area contributed by atoms with Crippen molar-refractivity contribution in [1.29, 1.82) is 0 Å². The number of aryl methyl sites for hydroxylation is 1. The topological polar surface area (TPSA) is 81.9 Å². The van der Waals surface area contributed by atoms with Gasteiger partial charge in [-0.15, -0.1) is 5.10 Å². The molecule has 0 saturated heterocycles. The van der Waals surface area contributed by atoms with Crippen molar-refractivity contribution in [3.63, 3.8) is 0 Å². The average Bonchev–Trinajstić information content (AvgIpc) is 3.02. The van der Waals surface area contributed by atoms with E-state index in [9.17, 15) is 4.79 Å². The van der Waals surface area contributed by atoms with Gasteiger partial charge in [0.25, 0.3) is 0 Å². The summed E-state index contributed by atoms with van der Waals surface area (Å²) >= 11 is 0. The van der Waals surface area contributed by atoms with Gasteiger partial charge in [-0.25, -0.2) is 9.97 Å². The summed E-state index contributed by atoms with van der Waals surface area (Å²) < 4.78 is 7.32. The van der Waals surface area contributed by atoms with Crippen molar-refractivity contribution >= 4 is 5.91 Å². The van der Waals surface area contributed by atoms with Crippen LogP contribution in [0.4, 0.5) is 0 Å². The molecule has 7 heteroatoms. The third-order valence-corrected chi connectivity index (χ3v) is 3.44. The Morgan fingerprint density at radius 1 is 1.20 bits per heavy atom. The van der Waals surface area contributed by atoms with E-state index in [0.717, 1.165) is 17.1 Å².